The number of alkyl halides is 3. The van der Waals surface area contributed by atoms with Crippen LogP contribution in [0.25, 0.3) is 0 Å². The molecule has 8 heteroatoms. The molecule has 0 aromatic carbocycles. The van der Waals surface area contributed by atoms with Gasteiger partial charge in [-0.1, -0.05) is 6.92 Å². The van der Waals surface area contributed by atoms with E-state index in [1.807, 2.05) is 4.90 Å². The second kappa shape index (κ2) is 5.67. The number of rotatable bonds is 1. The number of hydrogen-bond acceptors (Lipinski definition) is 4. The largest absolute Gasteiger partial charge is 0.417 e. The fourth-order valence-corrected chi connectivity index (χ4v) is 3.25. The smallest absolute Gasteiger partial charge is 0.349 e. The lowest BCUT2D eigenvalue weighted by Crippen LogP contribution is -2.56. The predicted octanol–water partition coefficient (Wildman–Crippen LogP) is 1.70. The van der Waals surface area contributed by atoms with Gasteiger partial charge in [0, 0.05) is 39.4 Å². The van der Waals surface area contributed by atoms with E-state index in [2.05, 4.69) is 16.8 Å². The Labute approximate surface area is 132 Å². The molecule has 1 amide bonds. The second-order valence-electron chi connectivity index (χ2n) is 6.02. The molecule has 0 radical (unpaired) electrons. The molecule has 1 fully saturated rings. The van der Waals surface area contributed by atoms with Gasteiger partial charge >= 0.3 is 6.18 Å². The molecule has 23 heavy (non-hydrogen) atoms. The van der Waals surface area contributed by atoms with E-state index < -0.39 is 17.6 Å². The monoisotopic (exact) mass is 328 g/mol. The molecule has 2 aliphatic heterocycles. The van der Waals surface area contributed by atoms with Crippen LogP contribution < -0.4 is 4.90 Å². The van der Waals surface area contributed by atoms with Gasteiger partial charge in [0.15, 0.2) is 0 Å². The van der Waals surface area contributed by atoms with Gasteiger partial charge in [-0.3, -0.25) is 9.69 Å². The minimum Gasteiger partial charge on any atom is -0.349 e. The van der Waals surface area contributed by atoms with Crippen LogP contribution in [0.2, 0.25) is 0 Å². The molecule has 5 nitrogen and oxygen atoms in total. The summed E-state index contributed by atoms with van der Waals surface area (Å²) >= 11 is 0. The van der Waals surface area contributed by atoms with E-state index in [0.717, 1.165) is 31.9 Å². The molecule has 126 valence electrons. The lowest BCUT2D eigenvalue weighted by molar-refractivity contribution is -0.137. The van der Waals surface area contributed by atoms with Gasteiger partial charge in [-0.25, -0.2) is 4.98 Å². The van der Waals surface area contributed by atoms with Gasteiger partial charge in [0.25, 0.3) is 5.91 Å². The van der Waals surface area contributed by atoms with Gasteiger partial charge in [-0.15, -0.1) is 0 Å². The van der Waals surface area contributed by atoms with Gasteiger partial charge < -0.3 is 9.80 Å². The Kier molecular flexibility index (Phi) is 3.95. The number of fused-ring (bicyclic) bond motifs is 3. The number of anilines is 1. The fourth-order valence-electron chi connectivity index (χ4n) is 3.25. The molecule has 0 bridgehead atoms. The third-order valence-corrected chi connectivity index (χ3v) is 4.54. The first-order chi connectivity index (χ1) is 10.8. The molecule has 3 rings (SSSR count). The molecule has 0 aliphatic carbocycles. The zero-order chi connectivity index (χ0) is 16.8. The van der Waals surface area contributed by atoms with Crippen LogP contribution in [-0.4, -0.2) is 66.5 Å². The van der Waals surface area contributed by atoms with E-state index in [1.165, 1.54) is 4.90 Å². The third-order valence-electron chi connectivity index (χ3n) is 4.54. The van der Waals surface area contributed by atoms with Crippen molar-refractivity contribution in [1.82, 2.24) is 14.8 Å². The number of carbonyl (C=O) groups is 1. The molecule has 3 heterocycles. The molecule has 0 N–H and O–H groups in total. The van der Waals surface area contributed by atoms with E-state index in [1.54, 1.807) is 7.05 Å². The standard InChI is InChI=1S/C15H19F3N4O/c1-3-21-4-5-22-11(9-21)8-20(2)14(23)12-6-10(15(16,17)18)7-19-13(12)22/h6-7,11H,3-5,8-9H2,1-2H3/t11-/m1/s1. The van der Waals surface area contributed by atoms with Crippen molar-refractivity contribution < 1.29 is 18.0 Å². The van der Waals surface area contributed by atoms with Crippen LogP contribution in [-0.2, 0) is 6.18 Å². The maximum absolute atomic E-state index is 12.9. The topological polar surface area (TPSA) is 39.7 Å². The Bertz CT molecular complexity index is 619. The van der Waals surface area contributed by atoms with Crippen molar-refractivity contribution in [1.29, 1.82) is 0 Å². The molecule has 0 saturated carbocycles. The average Bonchev–Trinajstić information content (AvgIpc) is 2.61. The quantitative estimate of drug-likeness (QED) is 0.787. The highest BCUT2D eigenvalue weighted by molar-refractivity contribution is 5.99. The van der Waals surface area contributed by atoms with Gasteiger partial charge in [0.2, 0.25) is 0 Å². The molecule has 0 unspecified atom stereocenters. The number of hydrogen-bond donors (Lipinski definition) is 0. The number of piperazine rings is 1. The van der Waals surface area contributed by atoms with Crippen molar-refractivity contribution >= 4 is 11.7 Å². The van der Waals surface area contributed by atoms with Crippen molar-refractivity contribution in [3.8, 4) is 0 Å². The van der Waals surface area contributed by atoms with E-state index in [0.29, 0.717) is 18.9 Å². The first-order valence-corrected chi connectivity index (χ1v) is 7.63. The minimum atomic E-state index is -4.51. The van der Waals surface area contributed by atoms with Gasteiger partial charge in [0.1, 0.15) is 5.82 Å². The number of amides is 1. The van der Waals surface area contributed by atoms with Crippen LogP contribution >= 0.6 is 0 Å². The van der Waals surface area contributed by atoms with Crippen LogP contribution in [0.1, 0.15) is 22.8 Å². The Morgan fingerprint density at radius 3 is 2.70 bits per heavy atom. The summed E-state index contributed by atoms with van der Waals surface area (Å²) < 4.78 is 38.8. The summed E-state index contributed by atoms with van der Waals surface area (Å²) in [5.41, 5.74) is -0.849. The average molecular weight is 328 g/mol. The van der Waals surface area contributed by atoms with Crippen LogP contribution in [0, 0.1) is 0 Å². The van der Waals surface area contributed by atoms with E-state index in [-0.39, 0.29) is 11.6 Å². The number of pyridine rings is 1. The number of likely N-dealkylation sites (N-methyl/N-ethyl adjacent to an activating group) is 2. The fraction of sp³-hybridized carbons (Fsp3) is 0.600. The molecule has 0 spiro atoms. The molecule has 1 aromatic heterocycles. The van der Waals surface area contributed by atoms with Gasteiger partial charge in [0.05, 0.1) is 17.2 Å². The minimum absolute atomic E-state index is 0.0368. The SMILES string of the molecule is CCN1CCN2c3ncc(C(F)(F)F)cc3C(=O)N(C)C[C@@H]2C1. The van der Waals surface area contributed by atoms with Crippen molar-refractivity contribution in [2.45, 2.75) is 19.1 Å². The normalized spacial score (nSPS) is 22.7. The number of halogens is 3. The van der Waals surface area contributed by atoms with Crippen LogP contribution in [0.3, 0.4) is 0 Å². The molecular formula is C15H19F3N4O. The maximum Gasteiger partial charge on any atom is 0.417 e. The first kappa shape index (κ1) is 16.0. The highest BCUT2D eigenvalue weighted by Gasteiger charge is 2.38. The summed E-state index contributed by atoms with van der Waals surface area (Å²) in [4.78, 5) is 22.2. The van der Waals surface area contributed by atoms with Gasteiger partial charge in [-0.05, 0) is 12.6 Å². The Morgan fingerprint density at radius 1 is 1.30 bits per heavy atom. The summed E-state index contributed by atoms with van der Waals surface area (Å²) in [5, 5.41) is 0. The molecular weight excluding hydrogens is 309 g/mol. The Hall–Kier alpha value is -1.83. The molecule has 1 atom stereocenters. The summed E-state index contributed by atoms with van der Waals surface area (Å²) in [7, 11) is 1.63. The summed E-state index contributed by atoms with van der Waals surface area (Å²) in [6.07, 6.45) is -3.69. The molecule has 1 saturated heterocycles. The lowest BCUT2D eigenvalue weighted by Gasteiger charge is -2.41. The Balaban J connectivity index is 2.04. The highest BCUT2D eigenvalue weighted by atomic mass is 19.4. The zero-order valence-corrected chi connectivity index (χ0v) is 13.1. The Morgan fingerprint density at radius 2 is 2.04 bits per heavy atom. The highest BCUT2D eigenvalue weighted by Crippen LogP contribution is 2.34. The molecule has 2 aliphatic rings. The van der Waals surface area contributed by atoms with Crippen molar-refractivity contribution in [3.05, 3.63) is 23.4 Å². The first-order valence-electron chi connectivity index (χ1n) is 7.63. The van der Waals surface area contributed by atoms with Crippen LogP contribution in [0.15, 0.2) is 12.3 Å². The molecule has 1 aromatic rings. The summed E-state index contributed by atoms with van der Waals surface area (Å²) in [6.45, 7) is 5.71. The van der Waals surface area contributed by atoms with Crippen molar-refractivity contribution in [3.63, 3.8) is 0 Å². The van der Waals surface area contributed by atoms with Crippen molar-refractivity contribution in [2.24, 2.45) is 0 Å². The van der Waals surface area contributed by atoms with E-state index >= 15 is 0 Å². The van der Waals surface area contributed by atoms with Crippen molar-refractivity contribution in [2.75, 3.05) is 44.7 Å². The number of aromatic nitrogens is 1. The maximum atomic E-state index is 12.9. The van der Waals surface area contributed by atoms with Gasteiger partial charge in [-0.2, -0.15) is 13.2 Å². The van der Waals surface area contributed by atoms with Crippen LogP contribution in [0.4, 0.5) is 19.0 Å². The van der Waals surface area contributed by atoms with E-state index in [9.17, 15) is 18.0 Å². The second-order valence-corrected chi connectivity index (χ2v) is 6.02. The number of nitrogens with zero attached hydrogens (tertiary/aromatic N) is 4. The van der Waals surface area contributed by atoms with Crippen LogP contribution in [0.5, 0.6) is 0 Å². The zero-order valence-electron chi connectivity index (χ0n) is 13.1. The summed E-state index contributed by atoms with van der Waals surface area (Å²) in [6, 6.07) is 0.971. The third kappa shape index (κ3) is 2.87. The number of carbonyl (C=O) groups excluding carboxylic acids is 1. The predicted molar refractivity (Wildman–Crippen MR) is 79.4 cm³/mol. The lowest BCUT2D eigenvalue weighted by atomic mass is 10.1. The summed E-state index contributed by atoms with van der Waals surface area (Å²) in [5.74, 6) is -0.0378. The van der Waals surface area contributed by atoms with E-state index in [4.69, 9.17) is 0 Å².